The summed E-state index contributed by atoms with van der Waals surface area (Å²) in [5, 5.41) is 4.87. The number of esters is 1. The Morgan fingerprint density at radius 1 is 1.20 bits per heavy atom. The summed E-state index contributed by atoms with van der Waals surface area (Å²) >= 11 is 7.29. The molecule has 0 spiro atoms. The number of likely N-dealkylation sites (N-methyl/N-ethyl adjacent to an activating group) is 1. The minimum atomic E-state index is -0.680. The van der Waals surface area contributed by atoms with E-state index in [2.05, 4.69) is 5.32 Å². The number of hydrogen-bond acceptors (Lipinski definition) is 5. The van der Waals surface area contributed by atoms with Gasteiger partial charge in [0.05, 0.1) is 6.54 Å². The Hall–Kier alpha value is -2.38. The fourth-order valence-electron chi connectivity index (χ4n) is 1.88. The van der Waals surface area contributed by atoms with Crippen molar-refractivity contribution in [3.63, 3.8) is 0 Å². The zero-order valence-electron chi connectivity index (χ0n) is 13.5. The number of nitrogens with one attached hydrogen (secondary N) is 1. The van der Waals surface area contributed by atoms with Gasteiger partial charge in [-0.3, -0.25) is 14.4 Å². The number of rotatable bonds is 7. The second-order valence-electron chi connectivity index (χ2n) is 5.18. The first-order valence-corrected chi connectivity index (χ1v) is 8.67. The Labute approximate surface area is 154 Å². The van der Waals surface area contributed by atoms with Crippen molar-refractivity contribution >= 4 is 40.7 Å². The van der Waals surface area contributed by atoms with Crippen LogP contribution in [0.25, 0.3) is 0 Å². The number of benzene rings is 1. The average molecular weight is 381 g/mol. The molecular formula is C17H17ClN2O4S. The summed E-state index contributed by atoms with van der Waals surface area (Å²) in [7, 11) is 1.64. The number of nitrogens with zero attached hydrogens (tertiary/aromatic N) is 1. The Morgan fingerprint density at radius 3 is 2.56 bits per heavy atom. The van der Waals surface area contributed by atoms with Crippen molar-refractivity contribution in [1.29, 1.82) is 0 Å². The van der Waals surface area contributed by atoms with Crippen molar-refractivity contribution in [3.8, 4) is 0 Å². The predicted octanol–water partition coefficient (Wildman–Crippen LogP) is 2.33. The molecule has 0 radical (unpaired) electrons. The summed E-state index contributed by atoms with van der Waals surface area (Å²) in [5.74, 6) is -1.42. The van der Waals surface area contributed by atoms with Gasteiger partial charge in [0.25, 0.3) is 11.8 Å². The molecule has 25 heavy (non-hydrogen) atoms. The lowest BCUT2D eigenvalue weighted by molar-refractivity contribution is -0.150. The van der Waals surface area contributed by atoms with Crippen LogP contribution in [0, 0.1) is 0 Å². The van der Waals surface area contributed by atoms with Gasteiger partial charge in [-0.05, 0) is 35.7 Å². The topological polar surface area (TPSA) is 75.7 Å². The molecule has 1 N–H and O–H groups in total. The molecule has 0 fully saturated rings. The molecule has 0 aliphatic heterocycles. The van der Waals surface area contributed by atoms with Gasteiger partial charge in [-0.2, -0.15) is 0 Å². The van der Waals surface area contributed by atoms with Gasteiger partial charge in [0.15, 0.2) is 6.61 Å². The molecular weight excluding hydrogens is 364 g/mol. The van der Waals surface area contributed by atoms with E-state index >= 15 is 0 Å². The van der Waals surface area contributed by atoms with Crippen molar-refractivity contribution in [2.75, 3.05) is 20.2 Å². The number of carbonyl (C=O) groups is 3. The monoisotopic (exact) mass is 380 g/mol. The largest absolute Gasteiger partial charge is 0.454 e. The third-order valence-electron chi connectivity index (χ3n) is 3.26. The number of carbonyl (C=O) groups excluding carboxylic acids is 3. The summed E-state index contributed by atoms with van der Waals surface area (Å²) in [6.45, 7) is -0.220. The maximum atomic E-state index is 11.9. The number of halogens is 1. The minimum Gasteiger partial charge on any atom is -0.454 e. The van der Waals surface area contributed by atoms with E-state index in [0.717, 1.165) is 4.88 Å². The summed E-state index contributed by atoms with van der Waals surface area (Å²) in [6, 6.07) is 10.1. The second-order valence-corrected chi connectivity index (χ2v) is 6.65. The summed E-state index contributed by atoms with van der Waals surface area (Å²) in [5.41, 5.74) is 0.379. The molecule has 6 nitrogen and oxygen atoms in total. The normalized spacial score (nSPS) is 10.2. The Balaban J connectivity index is 1.70. The first-order chi connectivity index (χ1) is 12.0. The van der Waals surface area contributed by atoms with Gasteiger partial charge in [0, 0.05) is 22.5 Å². The van der Waals surface area contributed by atoms with Crippen LogP contribution in [0.5, 0.6) is 0 Å². The number of thiophene rings is 1. The molecule has 2 amide bonds. The van der Waals surface area contributed by atoms with Crippen LogP contribution in [0.15, 0.2) is 41.8 Å². The third-order valence-corrected chi connectivity index (χ3v) is 4.37. The van der Waals surface area contributed by atoms with E-state index in [4.69, 9.17) is 16.3 Å². The molecule has 0 bridgehead atoms. The number of hydrogen-bond donors (Lipinski definition) is 1. The highest BCUT2D eigenvalue weighted by atomic mass is 35.5. The van der Waals surface area contributed by atoms with E-state index < -0.39 is 11.9 Å². The van der Waals surface area contributed by atoms with Gasteiger partial charge in [-0.15, -0.1) is 11.3 Å². The van der Waals surface area contributed by atoms with Crippen LogP contribution in [-0.2, 0) is 20.9 Å². The average Bonchev–Trinajstić information content (AvgIpc) is 3.11. The molecule has 0 aliphatic carbocycles. The van der Waals surface area contributed by atoms with Crippen LogP contribution in [0.3, 0.4) is 0 Å². The van der Waals surface area contributed by atoms with E-state index in [1.165, 1.54) is 4.90 Å². The highest BCUT2D eigenvalue weighted by Crippen LogP contribution is 2.11. The zero-order valence-corrected chi connectivity index (χ0v) is 15.1. The molecule has 0 aliphatic rings. The highest BCUT2D eigenvalue weighted by molar-refractivity contribution is 7.09. The van der Waals surface area contributed by atoms with E-state index in [1.807, 2.05) is 17.5 Å². The van der Waals surface area contributed by atoms with E-state index in [1.54, 1.807) is 42.6 Å². The van der Waals surface area contributed by atoms with Crippen LogP contribution < -0.4 is 5.32 Å². The van der Waals surface area contributed by atoms with E-state index in [-0.39, 0.29) is 19.1 Å². The van der Waals surface area contributed by atoms with Crippen molar-refractivity contribution in [2.45, 2.75) is 6.54 Å². The lowest BCUT2D eigenvalue weighted by Gasteiger charge is -2.16. The lowest BCUT2D eigenvalue weighted by atomic mass is 10.2. The summed E-state index contributed by atoms with van der Waals surface area (Å²) < 4.78 is 4.89. The molecule has 2 rings (SSSR count). The van der Waals surface area contributed by atoms with E-state index in [0.29, 0.717) is 17.1 Å². The van der Waals surface area contributed by atoms with Gasteiger partial charge in [-0.1, -0.05) is 17.7 Å². The van der Waals surface area contributed by atoms with Gasteiger partial charge in [-0.25, -0.2) is 0 Å². The van der Waals surface area contributed by atoms with Gasteiger partial charge in [0.2, 0.25) is 0 Å². The summed E-state index contributed by atoms with van der Waals surface area (Å²) in [6.07, 6.45) is 0. The quantitative estimate of drug-likeness (QED) is 0.748. The van der Waals surface area contributed by atoms with Gasteiger partial charge < -0.3 is 15.0 Å². The number of amides is 2. The summed E-state index contributed by atoms with van der Waals surface area (Å²) in [4.78, 5) is 37.9. The van der Waals surface area contributed by atoms with Crippen LogP contribution >= 0.6 is 22.9 Å². The van der Waals surface area contributed by atoms with Crippen molar-refractivity contribution in [3.05, 3.63) is 57.2 Å². The van der Waals surface area contributed by atoms with Gasteiger partial charge >= 0.3 is 5.97 Å². The van der Waals surface area contributed by atoms with Crippen LogP contribution in [0.1, 0.15) is 15.2 Å². The van der Waals surface area contributed by atoms with Crippen molar-refractivity contribution in [1.82, 2.24) is 10.2 Å². The van der Waals surface area contributed by atoms with Crippen LogP contribution in [0.4, 0.5) is 0 Å². The fraction of sp³-hybridized carbons (Fsp3) is 0.235. The minimum absolute atomic E-state index is 0.314. The first kappa shape index (κ1) is 19.0. The third kappa shape index (κ3) is 6.21. The smallest absolute Gasteiger partial charge is 0.325 e. The molecule has 0 saturated carbocycles. The zero-order chi connectivity index (χ0) is 18.2. The Kier molecular flexibility index (Phi) is 6.97. The lowest BCUT2D eigenvalue weighted by Crippen LogP contribution is -2.34. The van der Waals surface area contributed by atoms with E-state index in [9.17, 15) is 14.4 Å². The Bertz CT molecular complexity index is 732. The highest BCUT2D eigenvalue weighted by Gasteiger charge is 2.14. The van der Waals surface area contributed by atoms with Crippen molar-refractivity contribution < 1.29 is 19.1 Å². The van der Waals surface area contributed by atoms with Gasteiger partial charge in [0.1, 0.15) is 6.54 Å². The standard InChI is InChI=1S/C17H17ClN2O4S/c1-20(10-14-3-2-8-25-14)15(21)11-24-16(22)9-19-17(23)12-4-6-13(18)7-5-12/h2-8H,9-11H2,1H3,(H,19,23). The number of ether oxygens (including phenoxy) is 1. The maximum absolute atomic E-state index is 11.9. The molecule has 8 heteroatoms. The first-order valence-electron chi connectivity index (χ1n) is 7.41. The molecule has 2 aromatic rings. The molecule has 132 valence electrons. The molecule has 1 aromatic heterocycles. The molecule has 0 atom stereocenters. The molecule has 0 saturated heterocycles. The Morgan fingerprint density at radius 2 is 1.92 bits per heavy atom. The predicted molar refractivity (Wildman–Crippen MR) is 95.5 cm³/mol. The molecule has 1 aromatic carbocycles. The maximum Gasteiger partial charge on any atom is 0.325 e. The van der Waals surface area contributed by atoms with Crippen molar-refractivity contribution in [2.24, 2.45) is 0 Å². The second kappa shape index (κ2) is 9.19. The van der Waals surface area contributed by atoms with Crippen LogP contribution in [0.2, 0.25) is 5.02 Å². The van der Waals surface area contributed by atoms with Crippen LogP contribution in [-0.4, -0.2) is 42.9 Å². The molecule has 1 heterocycles. The molecule has 0 unspecified atom stereocenters. The fourth-order valence-corrected chi connectivity index (χ4v) is 2.77. The SMILES string of the molecule is CN(Cc1cccs1)C(=O)COC(=O)CNC(=O)c1ccc(Cl)cc1.